The van der Waals surface area contributed by atoms with Crippen LogP contribution in [0.5, 0.6) is 0 Å². The first kappa shape index (κ1) is 10.0. The molecule has 2 aromatic heterocycles. The SMILES string of the molecule is O=c1[nH]cc(-c2cc3ccccc3s2)c(=O)[nH]1. The number of H-pyrrole nitrogens is 2. The van der Waals surface area contributed by atoms with Gasteiger partial charge in [0.25, 0.3) is 5.56 Å². The molecular weight excluding hydrogens is 236 g/mol. The van der Waals surface area contributed by atoms with Gasteiger partial charge in [0.15, 0.2) is 0 Å². The summed E-state index contributed by atoms with van der Waals surface area (Å²) in [5.41, 5.74) is -0.356. The summed E-state index contributed by atoms with van der Waals surface area (Å²) in [5, 5.41) is 1.10. The molecule has 0 spiro atoms. The monoisotopic (exact) mass is 244 g/mol. The van der Waals surface area contributed by atoms with Gasteiger partial charge in [-0.05, 0) is 17.5 Å². The van der Waals surface area contributed by atoms with Gasteiger partial charge >= 0.3 is 5.69 Å². The Hall–Kier alpha value is -2.14. The average molecular weight is 244 g/mol. The van der Waals surface area contributed by atoms with Crippen LogP contribution >= 0.6 is 11.3 Å². The summed E-state index contributed by atoms with van der Waals surface area (Å²) in [6.45, 7) is 0. The minimum Gasteiger partial charge on any atom is -0.313 e. The van der Waals surface area contributed by atoms with E-state index < -0.39 is 5.69 Å². The molecule has 1 aromatic carbocycles. The molecule has 2 heterocycles. The number of benzene rings is 1. The van der Waals surface area contributed by atoms with Gasteiger partial charge in [0.1, 0.15) is 0 Å². The molecule has 0 saturated carbocycles. The fourth-order valence-corrected chi connectivity index (χ4v) is 2.78. The highest BCUT2D eigenvalue weighted by Crippen LogP contribution is 2.30. The minimum atomic E-state index is -0.486. The van der Waals surface area contributed by atoms with E-state index in [1.807, 2.05) is 30.3 Å². The second-order valence-electron chi connectivity index (χ2n) is 3.63. The maximum Gasteiger partial charge on any atom is 0.325 e. The molecule has 0 unspecified atom stereocenters. The van der Waals surface area contributed by atoms with Crippen LogP contribution in [-0.4, -0.2) is 9.97 Å². The van der Waals surface area contributed by atoms with E-state index in [0.717, 1.165) is 15.0 Å². The van der Waals surface area contributed by atoms with Crippen molar-refractivity contribution in [1.82, 2.24) is 9.97 Å². The Kier molecular flexibility index (Phi) is 2.19. The first-order valence-electron chi connectivity index (χ1n) is 5.05. The number of fused-ring (bicyclic) bond motifs is 1. The summed E-state index contributed by atoms with van der Waals surface area (Å²) in [6, 6.07) is 9.86. The van der Waals surface area contributed by atoms with Crippen LogP contribution in [0.15, 0.2) is 46.1 Å². The standard InChI is InChI=1S/C12H8N2O2S/c15-11-8(6-13-12(16)14-11)10-5-7-3-1-2-4-9(7)17-10/h1-6H,(H2,13,14,15,16). The highest BCUT2D eigenvalue weighted by atomic mass is 32.1. The molecule has 0 radical (unpaired) electrons. The minimum absolute atomic E-state index is 0.361. The molecule has 0 saturated heterocycles. The van der Waals surface area contributed by atoms with Crippen LogP contribution in [0.1, 0.15) is 0 Å². The van der Waals surface area contributed by atoms with Crippen LogP contribution in [-0.2, 0) is 0 Å². The van der Waals surface area contributed by atoms with Gasteiger partial charge in [-0.3, -0.25) is 9.78 Å². The summed E-state index contributed by atoms with van der Waals surface area (Å²) in [7, 11) is 0. The molecule has 5 heteroatoms. The molecule has 84 valence electrons. The Morgan fingerprint density at radius 2 is 1.94 bits per heavy atom. The van der Waals surface area contributed by atoms with Crippen LogP contribution in [0.25, 0.3) is 20.5 Å². The van der Waals surface area contributed by atoms with E-state index >= 15 is 0 Å². The third kappa shape index (κ3) is 1.70. The van der Waals surface area contributed by atoms with Gasteiger partial charge in [0, 0.05) is 15.8 Å². The van der Waals surface area contributed by atoms with Gasteiger partial charge in [-0.1, -0.05) is 18.2 Å². The van der Waals surface area contributed by atoms with Crippen LogP contribution in [0.3, 0.4) is 0 Å². The second-order valence-corrected chi connectivity index (χ2v) is 4.72. The Morgan fingerprint density at radius 1 is 1.12 bits per heavy atom. The number of thiophene rings is 1. The van der Waals surface area contributed by atoms with Crippen molar-refractivity contribution >= 4 is 21.4 Å². The van der Waals surface area contributed by atoms with Crippen molar-refractivity contribution < 1.29 is 0 Å². The maximum absolute atomic E-state index is 11.6. The number of hydrogen-bond donors (Lipinski definition) is 2. The lowest BCUT2D eigenvalue weighted by Crippen LogP contribution is -2.22. The second kappa shape index (κ2) is 3.71. The third-order valence-corrected chi connectivity index (χ3v) is 3.66. The smallest absolute Gasteiger partial charge is 0.313 e. The van der Waals surface area contributed by atoms with Crippen molar-refractivity contribution in [2.45, 2.75) is 0 Å². The fourth-order valence-electron chi connectivity index (χ4n) is 1.71. The van der Waals surface area contributed by atoms with E-state index in [1.165, 1.54) is 17.5 Å². The van der Waals surface area contributed by atoms with Crippen LogP contribution in [0.4, 0.5) is 0 Å². The van der Waals surface area contributed by atoms with Crippen LogP contribution < -0.4 is 11.2 Å². The molecule has 0 aliphatic rings. The molecule has 4 nitrogen and oxygen atoms in total. The predicted octanol–water partition coefficient (Wildman–Crippen LogP) is 1.94. The van der Waals surface area contributed by atoms with Gasteiger partial charge in [-0.15, -0.1) is 11.3 Å². The molecule has 17 heavy (non-hydrogen) atoms. The number of aromatic nitrogens is 2. The van der Waals surface area contributed by atoms with E-state index in [4.69, 9.17) is 0 Å². The normalized spacial score (nSPS) is 10.8. The van der Waals surface area contributed by atoms with E-state index in [9.17, 15) is 9.59 Å². The molecule has 0 atom stereocenters. The topological polar surface area (TPSA) is 65.7 Å². The summed E-state index contributed by atoms with van der Waals surface area (Å²) >= 11 is 1.53. The molecule has 0 fully saturated rings. The van der Waals surface area contributed by atoms with Crippen molar-refractivity contribution in [2.75, 3.05) is 0 Å². The fraction of sp³-hybridized carbons (Fsp3) is 0. The van der Waals surface area contributed by atoms with Crippen molar-refractivity contribution in [3.63, 3.8) is 0 Å². The zero-order valence-corrected chi connectivity index (χ0v) is 9.51. The Balaban J connectivity index is 2.27. The van der Waals surface area contributed by atoms with Gasteiger partial charge < -0.3 is 4.98 Å². The van der Waals surface area contributed by atoms with Gasteiger partial charge in [0.05, 0.1) is 5.56 Å². The Labute approximate surface area is 99.6 Å². The molecule has 0 aliphatic heterocycles. The molecule has 2 N–H and O–H groups in total. The van der Waals surface area contributed by atoms with Crippen molar-refractivity contribution in [2.24, 2.45) is 0 Å². The summed E-state index contributed by atoms with van der Waals surface area (Å²) in [4.78, 5) is 28.1. The lowest BCUT2D eigenvalue weighted by Gasteiger charge is -1.92. The number of hydrogen-bond acceptors (Lipinski definition) is 3. The zero-order chi connectivity index (χ0) is 11.8. The van der Waals surface area contributed by atoms with E-state index in [0.29, 0.717) is 5.56 Å². The molecule has 0 aliphatic carbocycles. The van der Waals surface area contributed by atoms with Crippen molar-refractivity contribution in [3.8, 4) is 10.4 Å². The average Bonchev–Trinajstić information content (AvgIpc) is 2.72. The number of aromatic amines is 2. The Morgan fingerprint density at radius 3 is 2.71 bits per heavy atom. The number of nitrogens with one attached hydrogen (secondary N) is 2. The summed E-state index contributed by atoms with van der Waals surface area (Å²) < 4.78 is 1.12. The van der Waals surface area contributed by atoms with E-state index in [1.54, 1.807) is 0 Å². The first-order valence-corrected chi connectivity index (χ1v) is 5.87. The predicted molar refractivity (Wildman–Crippen MR) is 68.5 cm³/mol. The van der Waals surface area contributed by atoms with Crippen LogP contribution in [0.2, 0.25) is 0 Å². The quantitative estimate of drug-likeness (QED) is 0.687. The third-order valence-electron chi connectivity index (χ3n) is 2.51. The summed E-state index contributed by atoms with van der Waals surface area (Å²) in [6.07, 6.45) is 1.45. The molecule has 3 rings (SSSR count). The van der Waals surface area contributed by atoms with E-state index in [2.05, 4.69) is 9.97 Å². The van der Waals surface area contributed by atoms with Crippen molar-refractivity contribution in [1.29, 1.82) is 0 Å². The molecular formula is C12H8N2O2S. The molecule has 0 amide bonds. The first-order chi connectivity index (χ1) is 8.24. The van der Waals surface area contributed by atoms with Gasteiger partial charge in [-0.2, -0.15) is 0 Å². The zero-order valence-electron chi connectivity index (χ0n) is 8.69. The maximum atomic E-state index is 11.6. The molecule has 3 aromatic rings. The number of rotatable bonds is 1. The van der Waals surface area contributed by atoms with Gasteiger partial charge in [0.2, 0.25) is 0 Å². The molecule has 0 bridgehead atoms. The van der Waals surface area contributed by atoms with E-state index in [-0.39, 0.29) is 5.56 Å². The summed E-state index contributed by atoms with van der Waals surface area (Å²) in [5.74, 6) is 0. The highest BCUT2D eigenvalue weighted by Gasteiger charge is 2.07. The lowest BCUT2D eigenvalue weighted by atomic mass is 10.2. The Bertz CT molecular complexity index is 765. The largest absolute Gasteiger partial charge is 0.325 e. The van der Waals surface area contributed by atoms with Gasteiger partial charge in [-0.25, -0.2) is 4.79 Å². The lowest BCUT2D eigenvalue weighted by molar-refractivity contribution is 1.04. The highest BCUT2D eigenvalue weighted by molar-refractivity contribution is 7.22. The van der Waals surface area contributed by atoms with Crippen LogP contribution in [0, 0.1) is 0 Å². The van der Waals surface area contributed by atoms with Crippen molar-refractivity contribution in [3.05, 3.63) is 57.4 Å².